The van der Waals surface area contributed by atoms with Crippen molar-refractivity contribution in [1.29, 1.82) is 0 Å². The number of sulfone groups is 1. The Kier molecular flexibility index (Phi) is 2.85. The van der Waals surface area contributed by atoms with Gasteiger partial charge in [-0.05, 0) is 6.92 Å². The summed E-state index contributed by atoms with van der Waals surface area (Å²) in [4.78, 5) is 11.1. The molecule has 1 fully saturated rings. The average Bonchev–Trinajstić information content (AvgIpc) is 1.97. The third kappa shape index (κ3) is 2.28. The monoisotopic (exact) mass is 192 g/mol. The van der Waals surface area contributed by atoms with Gasteiger partial charge in [-0.15, -0.1) is 0 Å². The van der Waals surface area contributed by atoms with Gasteiger partial charge in [-0.2, -0.15) is 0 Å². The van der Waals surface area contributed by atoms with E-state index in [1.54, 1.807) is 6.92 Å². The molecular weight excluding hydrogens is 180 g/mol. The van der Waals surface area contributed by atoms with Gasteiger partial charge in [0, 0.05) is 13.0 Å². The molecule has 0 N–H and O–H groups in total. The van der Waals surface area contributed by atoms with Crippen LogP contribution in [-0.2, 0) is 19.4 Å². The SMILES string of the molecule is CCOC1CS(=O)(=O)CCC1=O. The second-order valence-electron chi connectivity index (χ2n) is 2.77. The first-order valence-corrected chi connectivity index (χ1v) is 5.72. The summed E-state index contributed by atoms with van der Waals surface area (Å²) in [5, 5.41) is 0. The van der Waals surface area contributed by atoms with Crippen molar-refractivity contribution < 1.29 is 17.9 Å². The average molecular weight is 192 g/mol. The van der Waals surface area contributed by atoms with Gasteiger partial charge in [-0.1, -0.05) is 0 Å². The molecule has 1 aliphatic rings. The third-order valence-electron chi connectivity index (χ3n) is 1.79. The Morgan fingerprint density at radius 2 is 2.25 bits per heavy atom. The van der Waals surface area contributed by atoms with Crippen LogP contribution in [0.4, 0.5) is 0 Å². The van der Waals surface area contributed by atoms with E-state index in [2.05, 4.69) is 0 Å². The second-order valence-corrected chi connectivity index (χ2v) is 5.00. The maximum atomic E-state index is 11.1. The largest absolute Gasteiger partial charge is 0.370 e. The van der Waals surface area contributed by atoms with Crippen LogP contribution in [0.5, 0.6) is 0 Å². The van der Waals surface area contributed by atoms with Crippen LogP contribution in [0.3, 0.4) is 0 Å². The summed E-state index contributed by atoms with van der Waals surface area (Å²) in [6.07, 6.45) is -0.610. The number of carbonyl (C=O) groups excluding carboxylic acids is 1. The van der Waals surface area contributed by atoms with Gasteiger partial charge in [0.15, 0.2) is 15.6 Å². The van der Waals surface area contributed by atoms with E-state index in [0.29, 0.717) is 6.61 Å². The molecule has 0 saturated carbocycles. The zero-order valence-corrected chi connectivity index (χ0v) is 7.76. The minimum atomic E-state index is -3.03. The van der Waals surface area contributed by atoms with Crippen molar-refractivity contribution in [3.8, 4) is 0 Å². The number of ether oxygens (including phenoxy) is 1. The number of hydrogen-bond acceptors (Lipinski definition) is 4. The minimum absolute atomic E-state index is 0.0184. The van der Waals surface area contributed by atoms with E-state index < -0.39 is 15.9 Å². The highest BCUT2D eigenvalue weighted by Gasteiger charge is 2.31. The lowest BCUT2D eigenvalue weighted by Gasteiger charge is -2.20. The molecule has 5 heteroatoms. The lowest BCUT2D eigenvalue weighted by molar-refractivity contribution is -0.129. The summed E-state index contributed by atoms with van der Waals surface area (Å²) in [5.74, 6) is -0.249. The first kappa shape index (κ1) is 9.67. The molecule has 1 unspecified atom stereocenters. The molecular formula is C7H12O4S. The Hall–Kier alpha value is -0.420. The van der Waals surface area contributed by atoms with Crippen molar-refractivity contribution in [1.82, 2.24) is 0 Å². The number of hydrogen-bond donors (Lipinski definition) is 0. The summed E-state index contributed by atoms with van der Waals surface area (Å²) in [6.45, 7) is 2.13. The first-order chi connectivity index (χ1) is 5.55. The van der Waals surface area contributed by atoms with E-state index in [1.165, 1.54) is 0 Å². The lowest BCUT2D eigenvalue weighted by atomic mass is 10.2. The smallest absolute Gasteiger partial charge is 0.163 e. The Morgan fingerprint density at radius 1 is 1.58 bits per heavy atom. The van der Waals surface area contributed by atoms with Gasteiger partial charge in [0.25, 0.3) is 0 Å². The fourth-order valence-electron chi connectivity index (χ4n) is 1.17. The van der Waals surface area contributed by atoms with Crippen LogP contribution in [0, 0.1) is 0 Å². The normalized spacial score (nSPS) is 28.8. The molecule has 0 amide bonds. The van der Waals surface area contributed by atoms with Crippen molar-refractivity contribution in [2.24, 2.45) is 0 Å². The molecule has 0 radical (unpaired) electrons. The topological polar surface area (TPSA) is 60.4 Å². The van der Waals surface area contributed by atoms with E-state index in [9.17, 15) is 13.2 Å². The highest BCUT2D eigenvalue weighted by molar-refractivity contribution is 7.91. The van der Waals surface area contributed by atoms with Crippen molar-refractivity contribution in [3.05, 3.63) is 0 Å². The number of carbonyl (C=O) groups is 1. The van der Waals surface area contributed by atoms with Crippen molar-refractivity contribution >= 4 is 15.6 Å². The zero-order chi connectivity index (χ0) is 9.19. The summed E-state index contributed by atoms with van der Waals surface area (Å²) >= 11 is 0. The van der Waals surface area contributed by atoms with E-state index in [4.69, 9.17) is 4.74 Å². The maximum absolute atomic E-state index is 11.1. The van der Waals surface area contributed by atoms with Crippen LogP contribution in [0.25, 0.3) is 0 Å². The third-order valence-corrected chi connectivity index (χ3v) is 3.43. The van der Waals surface area contributed by atoms with Gasteiger partial charge in [-0.3, -0.25) is 4.79 Å². The molecule has 1 aliphatic heterocycles. The molecule has 1 rings (SSSR count). The van der Waals surface area contributed by atoms with Gasteiger partial charge >= 0.3 is 0 Å². The van der Waals surface area contributed by atoms with E-state index in [0.717, 1.165) is 0 Å². The van der Waals surface area contributed by atoms with Crippen LogP contribution < -0.4 is 0 Å². The molecule has 1 saturated heterocycles. The molecule has 70 valence electrons. The standard InChI is InChI=1S/C7H12O4S/c1-2-11-7-5-12(9,10)4-3-6(7)8/h7H,2-5H2,1H3. The van der Waals surface area contributed by atoms with Gasteiger partial charge in [-0.25, -0.2) is 8.42 Å². The Bertz CT molecular complexity index is 267. The molecule has 1 heterocycles. The summed E-state index contributed by atoms with van der Waals surface area (Å²) in [6, 6.07) is 0. The predicted molar refractivity (Wildman–Crippen MR) is 43.7 cm³/mol. The molecule has 1 atom stereocenters. The molecule has 12 heavy (non-hydrogen) atoms. The highest BCUT2D eigenvalue weighted by Crippen LogP contribution is 2.11. The molecule has 0 aromatic heterocycles. The zero-order valence-electron chi connectivity index (χ0n) is 6.95. The first-order valence-electron chi connectivity index (χ1n) is 3.90. The van der Waals surface area contributed by atoms with Gasteiger partial charge < -0.3 is 4.74 Å². The Balaban J connectivity index is 2.66. The van der Waals surface area contributed by atoms with Crippen LogP contribution in [0.2, 0.25) is 0 Å². The van der Waals surface area contributed by atoms with Crippen molar-refractivity contribution in [2.75, 3.05) is 18.1 Å². The predicted octanol–water partition coefficient (Wildman–Crippen LogP) is -0.221. The van der Waals surface area contributed by atoms with E-state index in [-0.39, 0.29) is 23.7 Å². The fourth-order valence-corrected chi connectivity index (χ4v) is 2.59. The molecule has 0 aliphatic carbocycles. The summed E-state index contributed by atoms with van der Waals surface area (Å²) < 4.78 is 27.1. The van der Waals surface area contributed by atoms with Crippen LogP contribution in [0.1, 0.15) is 13.3 Å². The molecule has 0 aromatic carbocycles. The lowest BCUT2D eigenvalue weighted by Crippen LogP contribution is -2.39. The summed E-state index contributed by atoms with van der Waals surface area (Å²) in [7, 11) is -3.03. The van der Waals surface area contributed by atoms with Crippen molar-refractivity contribution in [2.45, 2.75) is 19.4 Å². The minimum Gasteiger partial charge on any atom is -0.370 e. The Morgan fingerprint density at radius 3 is 2.83 bits per heavy atom. The second kappa shape index (κ2) is 3.53. The van der Waals surface area contributed by atoms with Crippen LogP contribution in [0.15, 0.2) is 0 Å². The van der Waals surface area contributed by atoms with E-state index in [1.807, 2.05) is 0 Å². The molecule has 0 aromatic rings. The van der Waals surface area contributed by atoms with Crippen LogP contribution in [-0.4, -0.2) is 38.4 Å². The number of rotatable bonds is 2. The molecule has 4 nitrogen and oxygen atoms in total. The maximum Gasteiger partial charge on any atom is 0.163 e. The van der Waals surface area contributed by atoms with Crippen LogP contribution >= 0.6 is 0 Å². The van der Waals surface area contributed by atoms with Gasteiger partial charge in [0.1, 0.15) is 6.10 Å². The Labute approximate surface area is 71.8 Å². The molecule has 0 bridgehead atoms. The number of Topliss-reactive ketones (excluding diaryl/α,β-unsaturated/α-hetero) is 1. The fraction of sp³-hybridized carbons (Fsp3) is 0.857. The quantitative estimate of drug-likeness (QED) is 0.607. The van der Waals surface area contributed by atoms with E-state index >= 15 is 0 Å². The van der Waals surface area contributed by atoms with Crippen molar-refractivity contribution in [3.63, 3.8) is 0 Å². The highest BCUT2D eigenvalue weighted by atomic mass is 32.2. The number of ketones is 1. The summed E-state index contributed by atoms with van der Waals surface area (Å²) in [5.41, 5.74) is 0. The molecule has 0 spiro atoms. The van der Waals surface area contributed by atoms with Gasteiger partial charge in [0.2, 0.25) is 0 Å². The van der Waals surface area contributed by atoms with Gasteiger partial charge in [0.05, 0.1) is 11.5 Å².